The fourth-order valence-electron chi connectivity index (χ4n) is 2.83. The van der Waals surface area contributed by atoms with Gasteiger partial charge in [-0.2, -0.15) is 0 Å². The van der Waals surface area contributed by atoms with Crippen LogP contribution in [0.5, 0.6) is 5.75 Å². The highest BCUT2D eigenvalue weighted by molar-refractivity contribution is 7.98. The van der Waals surface area contributed by atoms with Gasteiger partial charge in [-0.1, -0.05) is 53.3 Å². The van der Waals surface area contributed by atoms with E-state index >= 15 is 0 Å². The van der Waals surface area contributed by atoms with E-state index in [0.717, 1.165) is 32.0 Å². The number of nitrogens with one attached hydrogen (secondary N) is 2. The lowest BCUT2D eigenvalue weighted by molar-refractivity contribution is 0.262. The molecular weight excluding hydrogens is 464 g/mol. The lowest BCUT2D eigenvalue weighted by Gasteiger charge is -2.07. The summed E-state index contributed by atoms with van der Waals surface area (Å²) in [5, 5.41) is 15.8. The third-order valence-electron chi connectivity index (χ3n) is 4.42. The highest BCUT2D eigenvalue weighted by Gasteiger charge is 2.13. The van der Waals surface area contributed by atoms with Gasteiger partial charge in [0.1, 0.15) is 5.75 Å². The summed E-state index contributed by atoms with van der Waals surface area (Å²) in [4.78, 5) is 13.4. The van der Waals surface area contributed by atoms with Crippen LogP contribution in [0.1, 0.15) is 5.56 Å². The van der Waals surface area contributed by atoms with Crippen molar-refractivity contribution in [2.24, 2.45) is 0 Å². The quantitative estimate of drug-likeness (QED) is 0.283. The standard InChI is InChI=1S/C23H19ClN4O2S2/c1-30-18-12-10-17(11-13-18)25-22(29)26-23-28-27-21(32-23)19-4-2-3-5-20(19)31-14-15-6-8-16(24)9-7-15/h2-13H,14H2,1H3,(H2,25,26,28,29). The molecule has 0 bridgehead atoms. The number of urea groups is 1. The van der Waals surface area contributed by atoms with E-state index in [1.165, 1.54) is 16.9 Å². The molecule has 2 N–H and O–H groups in total. The maximum atomic E-state index is 12.3. The van der Waals surface area contributed by atoms with Crippen molar-refractivity contribution >= 4 is 51.5 Å². The number of ether oxygens (including phenoxy) is 1. The fourth-order valence-corrected chi connectivity index (χ4v) is 4.81. The number of thioether (sulfide) groups is 1. The molecule has 0 fully saturated rings. The molecule has 9 heteroatoms. The summed E-state index contributed by atoms with van der Waals surface area (Å²) in [6, 6.07) is 22.5. The van der Waals surface area contributed by atoms with Crippen LogP contribution in [0.4, 0.5) is 15.6 Å². The SMILES string of the molecule is COc1ccc(NC(=O)Nc2nnc(-c3ccccc3SCc3ccc(Cl)cc3)s2)cc1. The third kappa shape index (κ3) is 5.79. The summed E-state index contributed by atoms with van der Waals surface area (Å²) < 4.78 is 5.12. The molecule has 0 aliphatic rings. The number of methoxy groups -OCH3 is 1. The van der Waals surface area contributed by atoms with Gasteiger partial charge in [0.15, 0.2) is 5.01 Å². The summed E-state index contributed by atoms with van der Waals surface area (Å²) in [6.45, 7) is 0. The Bertz CT molecular complexity index is 1200. The van der Waals surface area contributed by atoms with Gasteiger partial charge < -0.3 is 10.1 Å². The van der Waals surface area contributed by atoms with E-state index in [9.17, 15) is 4.79 Å². The lowest BCUT2D eigenvalue weighted by atomic mass is 10.2. The zero-order valence-corrected chi connectivity index (χ0v) is 19.4. The van der Waals surface area contributed by atoms with Crippen LogP contribution in [-0.2, 0) is 5.75 Å². The second-order valence-electron chi connectivity index (χ2n) is 6.63. The zero-order valence-electron chi connectivity index (χ0n) is 17.0. The Morgan fingerprint density at radius 2 is 1.75 bits per heavy atom. The first-order valence-corrected chi connectivity index (χ1v) is 11.8. The van der Waals surface area contributed by atoms with E-state index in [1.54, 1.807) is 43.1 Å². The molecule has 1 heterocycles. The molecule has 0 radical (unpaired) electrons. The van der Waals surface area contributed by atoms with Crippen LogP contribution in [-0.4, -0.2) is 23.3 Å². The molecule has 3 aromatic carbocycles. The number of carbonyl (C=O) groups is 1. The lowest BCUT2D eigenvalue weighted by Crippen LogP contribution is -2.19. The summed E-state index contributed by atoms with van der Waals surface area (Å²) in [6.07, 6.45) is 0. The maximum Gasteiger partial charge on any atom is 0.325 e. The average molecular weight is 483 g/mol. The largest absolute Gasteiger partial charge is 0.497 e. The van der Waals surface area contributed by atoms with Gasteiger partial charge in [-0.05, 0) is 48.0 Å². The van der Waals surface area contributed by atoms with Crippen molar-refractivity contribution in [2.45, 2.75) is 10.6 Å². The molecule has 4 rings (SSSR count). The number of aromatic nitrogens is 2. The first kappa shape index (κ1) is 22.1. The van der Waals surface area contributed by atoms with Crippen molar-refractivity contribution in [3.8, 4) is 16.3 Å². The van der Waals surface area contributed by atoms with E-state index < -0.39 is 0 Å². The highest BCUT2D eigenvalue weighted by Crippen LogP contribution is 2.35. The molecule has 162 valence electrons. The normalized spacial score (nSPS) is 10.6. The van der Waals surface area contributed by atoms with Crippen LogP contribution < -0.4 is 15.4 Å². The Hall–Kier alpha value is -3.07. The number of halogens is 1. The monoisotopic (exact) mass is 482 g/mol. The van der Waals surface area contributed by atoms with E-state index in [4.69, 9.17) is 16.3 Å². The van der Waals surface area contributed by atoms with Gasteiger partial charge in [-0.3, -0.25) is 5.32 Å². The van der Waals surface area contributed by atoms with Crippen LogP contribution in [0.25, 0.3) is 10.6 Å². The molecule has 0 aliphatic heterocycles. The number of benzene rings is 3. The van der Waals surface area contributed by atoms with Crippen LogP contribution in [0.2, 0.25) is 5.02 Å². The molecule has 32 heavy (non-hydrogen) atoms. The number of amides is 2. The molecule has 0 saturated heterocycles. The number of nitrogens with zero attached hydrogens (tertiary/aromatic N) is 2. The van der Waals surface area contributed by atoms with Crippen LogP contribution >= 0.6 is 34.7 Å². The van der Waals surface area contributed by atoms with Crippen LogP contribution in [0, 0.1) is 0 Å². The number of hydrogen-bond donors (Lipinski definition) is 2. The van der Waals surface area contributed by atoms with Crippen LogP contribution in [0.15, 0.2) is 77.7 Å². The molecular formula is C23H19ClN4O2S2. The average Bonchev–Trinajstić information content (AvgIpc) is 3.27. The van der Waals surface area contributed by atoms with E-state index in [-0.39, 0.29) is 6.03 Å². The van der Waals surface area contributed by atoms with Gasteiger partial charge in [-0.25, -0.2) is 4.79 Å². The van der Waals surface area contributed by atoms with Crippen molar-refractivity contribution in [3.05, 3.63) is 83.4 Å². The third-order valence-corrected chi connectivity index (χ3v) is 6.69. The minimum Gasteiger partial charge on any atom is -0.497 e. The van der Waals surface area contributed by atoms with Crippen LogP contribution in [0.3, 0.4) is 0 Å². The van der Waals surface area contributed by atoms with Gasteiger partial charge in [-0.15, -0.1) is 22.0 Å². The Morgan fingerprint density at radius 3 is 2.50 bits per heavy atom. The van der Waals surface area contributed by atoms with Gasteiger partial charge in [0, 0.05) is 26.9 Å². The summed E-state index contributed by atoms with van der Waals surface area (Å²) in [5.41, 5.74) is 2.81. The first-order valence-electron chi connectivity index (χ1n) is 9.63. The minimum absolute atomic E-state index is 0.386. The number of anilines is 2. The Labute approximate surface area is 199 Å². The maximum absolute atomic E-state index is 12.3. The molecule has 0 spiro atoms. The molecule has 4 aromatic rings. The van der Waals surface area contributed by atoms with Crippen molar-refractivity contribution in [1.29, 1.82) is 0 Å². The van der Waals surface area contributed by atoms with Gasteiger partial charge in [0.25, 0.3) is 0 Å². The molecule has 2 amide bonds. The highest BCUT2D eigenvalue weighted by atomic mass is 35.5. The molecule has 1 aromatic heterocycles. The summed E-state index contributed by atoms with van der Waals surface area (Å²) >= 11 is 9.01. The number of carbonyl (C=O) groups excluding carboxylic acids is 1. The predicted molar refractivity (Wildman–Crippen MR) is 132 cm³/mol. The van der Waals surface area contributed by atoms with Crippen molar-refractivity contribution < 1.29 is 9.53 Å². The first-order chi connectivity index (χ1) is 15.6. The van der Waals surface area contributed by atoms with Gasteiger partial charge in [0.2, 0.25) is 5.13 Å². The Morgan fingerprint density at radius 1 is 1.00 bits per heavy atom. The van der Waals surface area contributed by atoms with Gasteiger partial charge in [0.05, 0.1) is 7.11 Å². The Kier molecular flexibility index (Phi) is 7.26. The fraction of sp³-hybridized carbons (Fsp3) is 0.0870. The summed E-state index contributed by atoms with van der Waals surface area (Å²) in [5.74, 6) is 1.53. The molecule has 0 unspecified atom stereocenters. The van der Waals surface area contributed by atoms with E-state index in [0.29, 0.717) is 10.8 Å². The molecule has 0 atom stereocenters. The van der Waals surface area contributed by atoms with Gasteiger partial charge >= 0.3 is 6.03 Å². The topological polar surface area (TPSA) is 76.1 Å². The predicted octanol–water partition coefficient (Wildman–Crippen LogP) is 6.80. The minimum atomic E-state index is -0.386. The number of hydrogen-bond acceptors (Lipinski definition) is 6. The number of rotatable bonds is 7. The Balaban J connectivity index is 1.41. The van der Waals surface area contributed by atoms with Crippen molar-refractivity contribution in [3.63, 3.8) is 0 Å². The smallest absolute Gasteiger partial charge is 0.325 e. The second kappa shape index (κ2) is 10.5. The summed E-state index contributed by atoms with van der Waals surface area (Å²) in [7, 11) is 1.59. The van der Waals surface area contributed by atoms with E-state index in [2.05, 4.69) is 26.9 Å². The van der Waals surface area contributed by atoms with Crippen molar-refractivity contribution in [1.82, 2.24) is 10.2 Å². The molecule has 6 nitrogen and oxygen atoms in total. The van der Waals surface area contributed by atoms with E-state index in [1.807, 2.05) is 42.5 Å². The molecule has 0 aliphatic carbocycles. The zero-order chi connectivity index (χ0) is 22.3. The molecule has 0 saturated carbocycles. The second-order valence-corrected chi connectivity index (χ2v) is 9.06. The van der Waals surface area contributed by atoms with Crippen molar-refractivity contribution in [2.75, 3.05) is 17.7 Å².